The fourth-order valence-electron chi connectivity index (χ4n) is 2.12. The lowest BCUT2D eigenvalue weighted by atomic mass is 10.3. The van der Waals surface area contributed by atoms with E-state index in [0.29, 0.717) is 30.3 Å². The maximum absolute atomic E-state index is 11.5. The molecule has 1 aromatic carbocycles. The summed E-state index contributed by atoms with van der Waals surface area (Å²) in [6.45, 7) is 0.419. The van der Waals surface area contributed by atoms with Crippen LogP contribution < -0.4 is 0 Å². The second kappa shape index (κ2) is 6.09. The molecule has 1 aromatic heterocycles. The smallest absolute Gasteiger partial charge is 0.229 e. The summed E-state index contributed by atoms with van der Waals surface area (Å²) < 4.78 is 1.70. The van der Waals surface area contributed by atoms with Crippen LogP contribution >= 0.6 is 11.8 Å². The summed E-state index contributed by atoms with van der Waals surface area (Å²) in [5.74, 6) is 0.447. The number of para-hydroxylation sites is 1. The first kappa shape index (κ1) is 13.8. The molecule has 0 aliphatic carbocycles. The van der Waals surface area contributed by atoms with Crippen molar-refractivity contribution in [3.05, 3.63) is 36.7 Å². The van der Waals surface area contributed by atoms with Crippen molar-refractivity contribution < 1.29 is 9.59 Å². The standard InChI is InChI=1S/C14H14N4O2S/c19-12-6-7-13(20)17(12)8-9-21-14-15-10-18(16-14)11-4-2-1-3-5-11/h1-5,10H,6-9H2. The van der Waals surface area contributed by atoms with Gasteiger partial charge in [-0.25, -0.2) is 9.67 Å². The zero-order valence-electron chi connectivity index (χ0n) is 11.3. The molecule has 2 heterocycles. The molecule has 6 nitrogen and oxygen atoms in total. The Bertz CT molecular complexity index is 640. The molecule has 7 heteroatoms. The average molecular weight is 302 g/mol. The normalized spacial score (nSPS) is 15.0. The molecule has 2 aromatic rings. The summed E-state index contributed by atoms with van der Waals surface area (Å²) >= 11 is 1.44. The molecular weight excluding hydrogens is 288 g/mol. The van der Waals surface area contributed by atoms with Crippen LogP contribution in [-0.4, -0.2) is 43.8 Å². The van der Waals surface area contributed by atoms with Gasteiger partial charge in [-0.1, -0.05) is 30.0 Å². The van der Waals surface area contributed by atoms with E-state index >= 15 is 0 Å². The zero-order chi connectivity index (χ0) is 14.7. The maximum Gasteiger partial charge on any atom is 0.229 e. The number of benzene rings is 1. The summed E-state index contributed by atoms with van der Waals surface area (Å²) in [4.78, 5) is 28.5. The first-order valence-corrected chi connectivity index (χ1v) is 7.66. The van der Waals surface area contributed by atoms with Crippen molar-refractivity contribution in [1.29, 1.82) is 0 Å². The average Bonchev–Trinajstić information content (AvgIpc) is 3.10. The first-order valence-electron chi connectivity index (χ1n) is 6.67. The molecular formula is C14H14N4O2S. The van der Waals surface area contributed by atoms with Crippen molar-refractivity contribution in [2.24, 2.45) is 0 Å². The number of aromatic nitrogens is 3. The van der Waals surface area contributed by atoms with Gasteiger partial charge in [0.25, 0.3) is 0 Å². The molecule has 1 aliphatic heterocycles. The molecule has 0 atom stereocenters. The van der Waals surface area contributed by atoms with E-state index in [1.807, 2.05) is 30.3 Å². The zero-order valence-corrected chi connectivity index (χ0v) is 12.1. The number of hydrogen-bond acceptors (Lipinski definition) is 5. The summed E-state index contributed by atoms with van der Waals surface area (Å²) in [6, 6.07) is 9.72. The van der Waals surface area contributed by atoms with E-state index in [9.17, 15) is 9.59 Å². The predicted octanol–water partition coefficient (Wildman–Crippen LogP) is 1.51. The van der Waals surface area contributed by atoms with Crippen LogP contribution in [0.25, 0.3) is 5.69 Å². The maximum atomic E-state index is 11.5. The van der Waals surface area contributed by atoms with Crippen LogP contribution in [0.1, 0.15) is 12.8 Å². The second-order valence-corrected chi connectivity index (χ2v) is 5.66. The Hall–Kier alpha value is -2.15. The van der Waals surface area contributed by atoms with Gasteiger partial charge in [-0.15, -0.1) is 5.10 Å². The number of nitrogens with zero attached hydrogens (tertiary/aromatic N) is 4. The molecule has 0 bridgehead atoms. The van der Waals surface area contributed by atoms with Crippen LogP contribution in [0.2, 0.25) is 0 Å². The molecule has 0 N–H and O–H groups in total. The first-order chi connectivity index (χ1) is 10.2. The predicted molar refractivity (Wildman–Crippen MR) is 78.0 cm³/mol. The topological polar surface area (TPSA) is 68.1 Å². The summed E-state index contributed by atoms with van der Waals surface area (Å²) in [6.07, 6.45) is 2.33. The van der Waals surface area contributed by atoms with Gasteiger partial charge in [0.1, 0.15) is 6.33 Å². The fourth-order valence-corrected chi connectivity index (χ4v) is 2.84. The Kier molecular flexibility index (Phi) is 4.01. The number of hydrogen-bond donors (Lipinski definition) is 0. The Morgan fingerprint density at radius 3 is 2.52 bits per heavy atom. The number of carbonyl (C=O) groups is 2. The van der Waals surface area contributed by atoms with Crippen LogP contribution in [0.15, 0.2) is 41.8 Å². The van der Waals surface area contributed by atoms with E-state index < -0.39 is 0 Å². The minimum absolute atomic E-state index is 0.0802. The van der Waals surface area contributed by atoms with Crippen molar-refractivity contribution in [3.63, 3.8) is 0 Å². The van der Waals surface area contributed by atoms with Gasteiger partial charge < -0.3 is 0 Å². The van der Waals surface area contributed by atoms with E-state index in [1.165, 1.54) is 16.7 Å². The van der Waals surface area contributed by atoms with Gasteiger partial charge in [0.05, 0.1) is 5.69 Å². The third-order valence-corrected chi connectivity index (χ3v) is 4.02. The molecule has 1 fully saturated rings. The minimum Gasteiger partial charge on any atom is -0.282 e. The van der Waals surface area contributed by atoms with Gasteiger partial charge in [-0.05, 0) is 12.1 Å². The highest BCUT2D eigenvalue weighted by atomic mass is 32.2. The van der Waals surface area contributed by atoms with E-state index in [-0.39, 0.29) is 11.8 Å². The van der Waals surface area contributed by atoms with Crippen molar-refractivity contribution >= 4 is 23.6 Å². The number of carbonyl (C=O) groups excluding carboxylic acids is 2. The largest absolute Gasteiger partial charge is 0.282 e. The van der Waals surface area contributed by atoms with E-state index in [4.69, 9.17) is 0 Å². The Balaban J connectivity index is 1.56. The summed E-state index contributed by atoms with van der Waals surface area (Å²) in [5.41, 5.74) is 0.946. The third-order valence-electron chi connectivity index (χ3n) is 3.19. The summed E-state index contributed by atoms with van der Waals surface area (Å²) in [7, 11) is 0. The lowest BCUT2D eigenvalue weighted by Crippen LogP contribution is -2.31. The van der Waals surface area contributed by atoms with E-state index in [2.05, 4.69) is 10.1 Å². The van der Waals surface area contributed by atoms with Gasteiger partial charge in [-0.3, -0.25) is 14.5 Å². The number of likely N-dealkylation sites (tertiary alicyclic amines) is 1. The van der Waals surface area contributed by atoms with Crippen molar-refractivity contribution in [2.75, 3.05) is 12.3 Å². The Labute approximate surface area is 126 Å². The number of imide groups is 1. The van der Waals surface area contributed by atoms with Gasteiger partial charge in [-0.2, -0.15) is 0 Å². The second-order valence-electron chi connectivity index (χ2n) is 4.59. The van der Waals surface area contributed by atoms with Crippen LogP contribution in [0.5, 0.6) is 0 Å². The van der Waals surface area contributed by atoms with Gasteiger partial charge in [0, 0.05) is 25.1 Å². The van der Waals surface area contributed by atoms with Crippen molar-refractivity contribution in [3.8, 4) is 5.69 Å². The highest BCUT2D eigenvalue weighted by Crippen LogP contribution is 2.17. The number of thioether (sulfide) groups is 1. The highest BCUT2D eigenvalue weighted by molar-refractivity contribution is 7.99. The molecule has 108 valence electrons. The lowest BCUT2D eigenvalue weighted by Gasteiger charge is -2.11. The molecule has 0 saturated carbocycles. The Morgan fingerprint density at radius 2 is 1.81 bits per heavy atom. The monoisotopic (exact) mass is 302 g/mol. The number of rotatable bonds is 5. The molecule has 0 unspecified atom stereocenters. The Morgan fingerprint density at radius 1 is 1.10 bits per heavy atom. The highest BCUT2D eigenvalue weighted by Gasteiger charge is 2.28. The molecule has 1 saturated heterocycles. The van der Waals surface area contributed by atoms with Crippen LogP contribution in [0.3, 0.4) is 0 Å². The van der Waals surface area contributed by atoms with Crippen molar-refractivity contribution in [2.45, 2.75) is 18.0 Å². The van der Waals surface area contributed by atoms with Gasteiger partial charge in [0.2, 0.25) is 17.0 Å². The minimum atomic E-state index is -0.0802. The molecule has 21 heavy (non-hydrogen) atoms. The van der Waals surface area contributed by atoms with E-state index in [0.717, 1.165) is 5.69 Å². The lowest BCUT2D eigenvalue weighted by molar-refractivity contribution is -0.137. The fraction of sp³-hybridized carbons (Fsp3) is 0.286. The molecule has 2 amide bonds. The van der Waals surface area contributed by atoms with Gasteiger partial charge in [0.15, 0.2) is 0 Å². The van der Waals surface area contributed by atoms with Crippen LogP contribution in [0, 0.1) is 0 Å². The van der Waals surface area contributed by atoms with Gasteiger partial charge >= 0.3 is 0 Å². The van der Waals surface area contributed by atoms with E-state index in [1.54, 1.807) is 11.0 Å². The molecule has 0 radical (unpaired) electrons. The molecule has 0 spiro atoms. The quantitative estimate of drug-likeness (QED) is 0.618. The summed E-state index contributed by atoms with van der Waals surface area (Å²) in [5, 5.41) is 5.00. The van der Waals surface area contributed by atoms with Crippen molar-refractivity contribution in [1.82, 2.24) is 19.7 Å². The SMILES string of the molecule is O=C1CCC(=O)N1CCSc1ncn(-c2ccccc2)n1. The number of amides is 2. The third kappa shape index (κ3) is 3.13. The molecule has 3 rings (SSSR count). The molecule has 1 aliphatic rings. The van der Waals surface area contributed by atoms with Crippen LogP contribution in [0.4, 0.5) is 0 Å². The van der Waals surface area contributed by atoms with Crippen LogP contribution in [-0.2, 0) is 9.59 Å².